The van der Waals surface area contributed by atoms with Gasteiger partial charge in [0.05, 0.1) is 0 Å². The smallest absolute Gasteiger partial charge is 0.224 e. The van der Waals surface area contributed by atoms with Crippen molar-refractivity contribution >= 4 is 17.5 Å². The van der Waals surface area contributed by atoms with E-state index in [-0.39, 0.29) is 23.5 Å². The van der Waals surface area contributed by atoms with Gasteiger partial charge in [-0.05, 0) is 72.7 Å². The summed E-state index contributed by atoms with van der Waals surface area (Å²) in [6.07, 6.45) is 2.98. The molecule has 3 aromatic carbocycles. The van der Waals surface area contributed by atoms with E-state index >= 15 is 0 Å². The predicted octanol–water partition coefficient (Wildman–Crippen LogP) is 5.60. The number of anilines is 1. The molecule has 6 heteroatoms. The summed E-state index contributed by atoms with van der Waals surface area (Å²) in [5, 5.41) is 2.96. The summed E-state index contributed by atoms with van der Waals surface area (Å²) in [4.78, 5) is 26.9. The summed E-state index contributed by atoms with van der Waals surface area (Å²) in [6.45, 7) is 1.82. The molecule has 182 valence electrons. The zero-order valence-corrected chi connectivity index (χ0v) is 19.8. The van der Waals surface area contributed by atoms with Gasteiger partial charge in [-0.15, -0.1) is 0 Å². The highest BCUT2D eigenvalue weighted by Gasteiger charge is 2.24. The maximum atomic E-state index is 13.3. The van der Waals surface area contributed by atoms with Gasteiger partial charge in [-0.25, -0.2) is 4.39 Å². The Labute approximate surface area is 205 Å². The molecular formula is C29H31FN2O3. The van der Waals surface area contributed by atoms with Gasteiger partial charge in [-0.3, -0.25) is 9.59 Å². The van der Waals surface area contributed by atoms with E-state index in [1.165, 1.54) is 12.1 Å². The molecule has 0 aliphatic carbocycles. The van der Waals surface area contributed by atoms with E-state index < -0.39 is 0 Å². The summed E-state index contributed by atoms with van der Waals surface area (Å²) in [5.74, 6) is 0.809. The fourth-order valence-electron chi connectivity index (χ4n) is 4.34. The summed E-state index contributed by atoms with van der Waals surface area (Å²) in [5.41, 5.74) is 2.68. The topological polar surface area (TPSA) is 58.6 Å². The number of carbonyl (C=O) groups excluding carboxylic acids is 2. The number of hydrogen-bond acceptors (Lipinski definition) is 3. The highest BCUT2D eigenvalue weighted by molar-refractivity contribution is 5.90. The third-order valence-electron chi connectivity index (χ3n) is 6.34. The van der Waals surface area contributed by atoms with Gasteiger partial charge < -0.3 is 15.0 Å². The first-order chi connectivity index (χ1) is 17.0. The Morgan fingerprint density at radius 2 is 1.63 bits per heavy atom. The normalized spacial score (nSPS) is 13.9. The Kier molecular flexibility index (Phi) is 8.49. The molecule has 0 aromatic heterocycles. The van der Waals surface area contributed by atoms with Crippen molar-refractivity contribution in [3.05, 3.63) is 95.8 Å². The third-order valence-corrected chi connectivity index (χ3v) is 6.34. The number of aryl methyl sites for hydroxylation is 1. The van der Waals surface area contributed by atoms with Crippen molar-refractivity contribution in [2.45, 2.75) is 38.7 Å². The molecule has 1 N–H and O–H groups in total. The molecule has 1 heterocycles. The summed E-state index contributed by atoms with van der Waals surface area (Å²) < 4.78 is 19.1. The van der Waals surface area contributed by atoms with Gasteiger partial charge in [0.2, 0.25) is 11.8 Å². The minimum absolute atomic E-state index is 0.0150. The first kappa shape index (κ1) is 24.5. The molecule has 0 radical (unpaired) electrons. The minimum Gasteiger partial charge on any atom is -0.489 e. The molecule has 35 heavy (non-hydrogen) atoms. The van der Waals surface area contributed by atoms with E-state index in [9.17, 15) is 14.0 Å². The number of piperidine rings is 1. The van der Waals surface area contributed by atoms with Crippen LogP contribution in [0.3, 0.4) is 0 Å². The van der Waals surface area contributed by atoms with Crippen molar-refractivity contribution < 1.29 is 18.7 Å². The van der Waals surface area contributed by atoms with E-state index in [2.05, 4.69) is 5.32 Å². The van der Waals surface area contributed by atoms with Crippen molar-refractivity contribution in [3.8, 4) is 5.75 Å². The van der Waals surface area contributed by atoms with Crippen molar-refractivity contribution in [1.29, 1.82) is 0 Å². The number of benzene rings is 3. The van der Waals surface area contributed by atoms with E-state index in [4.69, 9.17) is 4.74 Å². The highest BCUT2D eigenvalue weighted by Crippen LogP contribution is 2.23. The maximum Gasteiger partial charge on any atom is 0.224 e. The Morgan fingerprint density at radius 1 is 0.914 bits per heavy atom. The first-order valence-corrected chi connectivity index (χ1v) is 12.1. The fraction of sp³-hybridized carbons (Fsp3) is 0.310. The molecular weight excluding hydrogens is 443 g/mol. The molecule has 1 saturated heterocycles. The Balaban J connectivity index is 1.15. The van der Waals surface area contributed by atoms with Gasteiger partial charge in [0.25, 0.3) is 0 Å². The van der Waals surface area contributed by atoms with Gasteiger partial charge in [-0.2, -0.15) is 0 Å². The van der Waals surface area contributed by atoms with Crippen molar-refractivity contribution in [1.82, 2.24) is 4.90 Å². The van der Waals surface area contributed by atoms with Crippen LogP contribution in [0.1, 0.15) is 36.8 Å². The fourth-order valence-corrected chi connectivity index (χ4v) is 4.34. The third kappa shape index (κ3) is 7.67. The van der Waals surface area contributed by atoms with Crippen LogP contribution in [0.15, 0.2) is 78.9 Å². The van der Waals surface area contributed by atoms with E-state index in [1.54, 1.807) is 6.07 Å². The SMILES string of the molecule is O=C(CC1CCN(C(=O)CCc2cccc(F)c2)CC1)Nc1ccc(OCc2ccccc2)cc1. The quantitative estimate of drug-likeness (QED) is 0.439. The lowest BCUT2D eigenvalue weighted by Gasteiger charge is -2.32. The van der Waals surface area contributed by atoms with Crippen molar-refractivity contribution in [3.63, 3.8) is 0 Å². The van der Waals surface area contributed by atoms with Crippen LogP contribution in [0.2, 0.25) is 0 Å². The molecule has 0 saturated carbocycles. The standard InChI is InChI=1S/C29H31FN2O3/c30-25-8-4-7-22(19-25)9-14-29(34)32-17-15-23(16-18-32)20-28(33)31-26-10-12-27(13-11-26)35-21-24-5-2-1-3-6-24/h1-8,10-13,19,23H,9,14-18,20-21H2,(H,31,33). The largest absolute Gasteiger partial charge is 0.489 e. The number of hydrogen-bond donors (Lipinski definition) is 1. The number of halogens is 1. The van der Waals surface area contributed by atoms with Crippen LogP contribution < -0.4 is 10.1 Å². The lowest BCUT2D eigenvalue weighted by molar-refractivity contribution is -0.132. The Bertz CT molecular complexity index is 1110. The summed E-state index contributed by atoms with van der Waals surface area (Å²) in [6, 6.07) is 23.8. The maximum absolute atomic E-state index is 13.3. The summed E-state index contributed by atoms with van der Waals surface area (Å²) in [7, 11) is 0. The molecule has 0 spiro atoms. The van der Waals surface area contributed by atoms with Gasteiger partial charge in [0.1, 0.15) is 18.2 Å². The molecule has 1 fully saturated rings. The number of ether oxygens (including phenoxy) is 1. The first-order valence-electron chi connectivity index (χ1n) is 12.1. The molecule has 5 nitrogen and oxygen atoms in total. The second kappa shape index (κ2) is 12.2. The van der Waals surface area contributed by atoms with Gasteiger partial charge >= 0.3 is 0 Å². The van der Waals surface area contributed by atoms with E-state index in [1.807, 2.05) is 65.6 Å². The van der Waals surface area contributed by atoms with Crippen molar-refractivity contribution in [2.75, 3.05) is 18.4 Å². The highest BCUT2D eigenvalue weighted by atomic mass is 19.1. The zero-order valence-electron chi connectivity index (χ0n) is 19.8. The van der Waals surface area contributed by atoms with Crippen LogP contribution in [0.25, 0.3) is 0 Å². The number of nitrogens with zero attached hydrogens (tertiary/aromatic N) is 1. The molecule has 3 aromatic rings. The molecule has 0 unspecified atom stereocenters. The average Bonchev–Trinajstić information content (AvgIpc) is 2.88. The number of nitrogens with one attached hydrogen (secondary N) is 1. The van der Waals surface area contributed by atoms with Gasteiger partial charge in [0, 0.05) is 31.6 Å². The minimum atomic E-state index is -0.277. The van der Waals surface area contributed by atoms with E-state index in [0.29, 0.717) is 39.0 Å². The number of amides is 2. The van der Waals surface area contributed by atoms with Crippen LogP contribution in [0, 0.1) is 11.7 Å². The lowest BCUT2D eigenvalue weighted by Crippen LogP contribution is -2.39. The zero-order chi connectivity index (χ0) is 24.5. The lowest BCUT2D eigenvalue weighted by atomic mass is 9.93. The second-order valence-corrected chi connectivity index (χ2v) is 9.01. The van der Waals surface area contributed by atoms with Gasteiger partial charge in [-0.1, -0.05) is 42.5 Å². The van der Waals surface area contributed by atoms with E-state index in [0.717, 1.165) is 35.4 Å². The molecule has 4 rings (SSSR count). The molecule has 0 bridgehead atoms. The van der Waals surface area contributed by atoms with Crippen LogP contribution >= 0.6 is 0 Å². The molecule has 0 atom stereocenters. The Morgan fingerprint density at radius 3 is 2.34 bits per heavy atom. The molecule has 2 amide bonds. The number of rotatable bonds is 9. The predicted molar refractivity (Wildman–Crippen MR) is 134 cm³/mol. The molecule has 1 aliphatic rings. The second-order valence-electron chi connectivity index (χ2n) is 9.01. The van der Waals surface area contributed by atoms with Crippen LogP contribution in [0.5, 0.6) is 5.75 Å². The monoisotopic (exact) mass is 474 g/mol. The van der Waals surface area contributed by atoms with Crippen LogP contribution in [-0.2, 0) is 22.6 Å². The van der Waals surface area contributed by atoms with Crippen molar-refractivity contribution in [2.24, 2.45) is 5.92 Å². The number of carbonyl (C=O) groups is 2. The average molecular weight is 475 g/mol. The van der Waals surface area contributed by atoms with Crippen LogP contribution in [0.4, 0.5) is 10.1 Å². The molecule has 1 aliphatic heterocycles. The van der Waals surface area contributed by atoms with Gasteiger partial charge in [0.15, 0.2) is 0 Å². The van der Waals surface area contributed by atoms with Crippen LogP contribution in [-0.4, -0.2) is 29.8 Å². The summed E-state index contributed by atoms with van der Waals surface area (Å²) >= 11 is 0. The Hall–Kier alpha value is -3.67. The number of likely N-dealkylation sites (tertiary alicyclic amines) is 1.